The van der Waals surface area contributed by atoms with Gasteiger partial charge >= 0.3 is 0 Å². The highest BCUT2D eigenvalue weighted by molar-refractivity contribution is 7.89. The van der Waals surface area contributed by atoms with E-state index in [0.717, 1.165) is 0 Å². The van der Waals surface area contributed by atoms with Crippen molar-refractivity contribution >= 4 is 21.4 Å². The maximum Gasteiger partial charge on any atom is 0.240 e. The summed E-state index contributed by atoms with van der Waals surface area (Å²) in [7, 11) is -3.81. The van der Waals surface area contributed by atoms with Gasteiger partial charge in [0.05, 0.1) is 23.0 Å². The van der Waals surface area contributed by atoms with Crippen molar-refractivity contribution in [2.75, 3.05) is 36.0 Å². The van der Waals surface area contributed by atoms with Gasteiger partial charge in [-0.05, 0) is 30.3 Å². The number of benzene rings is 2. The molecule has 130 valence electrons. The van der Waals surface area contributed by atoms with Gasteiger partial charge < -0.3 is 9.80 Å². The summed E-state index contributed by atoms with van der Waals surface area (Å²) in [6.45, 7) is 2.13. The summed E-state index contributed by atoms with van der Waals surface area (Å²) >= 11 is 0. The SMILES string of the molecule is N#Cc1ccc(N2CCN(c3ccccc3S(N)(=O)=O)CC2)c(F)c1. The Morgan fingerprint density at radius 3 is 2.16 bits per heavy atom. The minimum Gasteiger partial charge on any atom is -0.367 e. The second-order valence-corrected chi connectivity index (χ2v) is 7.29. The highest BCUT2D eigenvalue weighted by Gasteiger charge is 2.23. The summed E-state index contributed by atoms with van der Waals surface area (Å²) in [5.41, 5.74) is 1.28. The molecule has 25 heavy (non-hydrogen) atoms. The van der Waals surface area contributed by atoms with Crippen LogP contribution in [0.1, 0.15) is 5.56 Å². The molecule has 8 heteroatoms. The molecule has 0 aliphatic carbocycles. The number of halogens is 1. The zero-order chi connectivity index (χ0) is 18.0. The Bertz CT molecular complexity index is 932. The van der Waals surface area contributed by atoms with Gasteiger partial charge in [0.2, 0.25) is 10.0 Å². The number of primary sulfonamides is 1. The van der Waals surface area contributed by atoms with Crippen LogP contribution in [0.15, 0.2) is 47.4 Å². The van der Waals surface area contributed by atoms with Crippen molar-refractivity contribution < 1.29 is 12.8 Å². The molecule has 0 bridgehead atoms. The summed E-state index contributed by atoms with van der Waals surface area (Å²) < 4.78 is 37.7. The first kappa shape index (κ1) is 17.2. The van der Waals surface area contributed by atoms with Crippen molar-refractivity contribution in [2.24, 2.45) is 5.14 Å². The number of para-hydroxylation sites is 1. The molecule has 6 nitrogen and oxygen atoms in total. The fraction of sp³-hybridized carbons (Fsp3) is 0.235. The lowest BCUT2D eigenvalue weighted by atomic mass is 10.1. The van der Waals surface area contributed by atoms with Crippen LogP contribution in [0, 0.1) is 17.1 Å². The van der Waals surface area contributed by atoms with E-state index in [4.69, 9.17) is 10.4 Å². The normalized spacial score (nSPS) is 15.1. The number of hydrogen-bond donors (Lipinski definition) is 1. The molecule has 0 atom stereocenters. The molecular weight excluding hydrogens is 343 g/mol. The van der Waals surface area contributed by atoms with Crippen LogP contribution in [0.4, 0.5) is 15.8 Å². The average molecular weight is 360 g/mol. The number of anilines is 2. The summed E-state index contributed by atoms with van der Waals surface area (Å²) in [5, 5.41) is 14.1. The monoisotopic (exact) mass is 360 g/mol. The maximum absolute atomic E-state index is 14.2. The number of sulfonamides is 1. The number of hydrogen-bond acceptors (Lipinski definition) is 5. The molecule has 1 heterocycles. The van der Waals surface area contributed by atoms with Gasteiger partial charge in [0, 0.05) is 26.2 Å². The molecule has 0 spiro atoms. The predicted octanol–water partition coefficient (Wildman–Crippen LogP) is 1.67. The van der Waals surface area contributed by atoms with Crippen LogP contribution in [0.3, 0.4) is 0 Å². The molecule has 0 aromatic heterocycles. The van der Waals surface area contributed by atoms with E-state index in [1.54, 1.807) is 30.3 Å². The van der Waals surface area contributed by atoms with Gasteiger partial charge in [-0.25, -0.2) is 17.9 Å². The summed E-state index contributed by atoms with van der Waals surface area (Å²) in [6.07, 6.45) is 0. The van der Waals surface area contributed by atoms with Crippen LogP contribution >= 0.6 is 0 Å². The zero-order valence-electron chi connectivity index (χ0n) is 13.4. The first-order valence-corrected chi connectivity index (χ1v) is 9.26. The molecule has 0 radical (unpaired) electrons. The number of nitriles is 1. The molecule has 1 aliphatic rings. The lowest BCUT2D eigenvalue weighted by Gasteiger charge is -2.38. The number of nitrogens with zero attached hydrogens (tertiary/aromatic N) is 3. The molecule has 3 rings (SSSR count). The van der Waals surface area contributed by atoms with Crippen LogP contribution in [0.25, 0.3) is 0 Å². The van der Waals surface area contributed by atoms with Crippen LogP contribution in [0.2, 0.25) is 0 Å². The third-order valence-electron chi connectivity index (χ3n) is 4.21. The van der Waals surface area contributed by atoms with Crippen molar-refractivity contribution in [3.8, 4) is 6.07 Å². The smallest absolute Gasteiger partial charge is 0.240 e. The Morgan fingerprint density at radius 2 is 1.60 bits per heavy atom. The van der Waals surface area contributed by atoms with Gasteiger partial charge in [-0.15, -0.1) is 0 Å². The second-order valence-electron chi connectivity index (χ2n) is 5.76. The van der Waals surface area contributed by atoms with Gasteiger partial charge in [-0.1, -0.05) is 12.1 Å². The van der Waals surface area contributed by atoms with Gasteiger partial charge in [0.15, 0.2) is 0 Å². The first-order valence-electron chi connectivity index (χ1n) is 7.71. The third kappa shape index (κ3) is 3.57. The lowest BCUT2D eigenvalue weighted by Crippen LogP contribution is -2.47. The van der Waals surface area contributed by atoms with Gasteiger partial charge in [-0.2, -0.15) is 5.26 Å². The van der Waals surface area contributed by atoms with Crippen LogP contribution in [-0.2, 0) is 10.0 Å². The Labute approximate surface area is 145 Å². The summed E-state index contributed by atoms with van der Waals surface area (Å²) in [6, 6.07) is 12.9. The van der Waals surface area contributed by atoms with Gasteiger partial charge in [-0.3, -0.25) is 0 Å². The van der Waals surface area contributed by atoms with Crippen LogP contribution < -0.4 is 14.9 Å². The van der Waals surface area contributed by atoms with E-state index in [1.165, 1.54) is 12.1 Å². The number of piperazine rings is 1. The Balaban J connectivity index is 1.79. The van der Waals surface area contributed by atoms with Crippen molar-refractivity contribution in [1.29, 1.82) is 5.26 Å². The summed E-state index contributed by atoms with van der Waals surface area (Å²) in [5.74, 6) is -0.433. The molecule has 0 saturated carbocycles. The van der Waals surface area contributed by atoms with E-state index in [-0.39, 0.29) is 10.5 Å². The van der Waals surface area contributed by atoms with E-state index in [1.807, 2.05) is 15.9 Å². The van der Waals surface area contributed by atoms with E-state index >= 15 is 0 Å². The molecule has 0 unspecified atom stereocenters. The fourth-order valence-electron chi connectivity index (χ4n) is 2.98. The minimum absolute atomic E-state index is 0.0907. The Kier molecular flexibility index (Phi) is 4.61. The number of rotatable bonds is 3. The molecule has 1 fully saturated rings. The lowest BCUT2D eigenvalue weighted by molar-refractivity contribution is 0.591. The van der Waals surface area contributed by atoms with Crippen molar-refractivity contribution in [2.45, 2.75) is 4.90 Å². The van der Waals surface area contributed by atoms with E-state index in [0.29, 0.717) is 37.6 Å². The Morgan fingerprint density at radius 1 is 1.00 bits per heavy atom. The predicted molar refractivity (Wildman–Crippen MR) is 93.4 cm³/mol. The second kappa shape index (κ2) is 6.70. The fourth-order valence-corrected chi connectivity index (χ4v) is 3.74. The average Bonchev–Trinajstić information content (AvgIpc) is 2.61. The van der Waals surface area contributed by atoms with E-state index in [9.17, 15) is 12.8 Å². The molecule has 1 saturated heterocycles. The topological polar surface area (TPSA) is 90.4 Å². The highest BCUT2D eigenvalue weighted by Crippen LogP contribution is 2.27. The van der Waals surface area contributed by atoms with Crippen molar-refractivity contribution in [3.63, 3.8) is 0 Å². The minimum atomic E-state index is -3.81. The molecular formula is C17H17FN4O2S. The highest BCUT2D eigenvalue weighted by atomic mass is 32.2. The molecule has 1 aliphatic heterocycles. The first-order chi connectivity index (χ1) is 11.9. The van der Waals surface area contributed by atoms with Crippen molar-refractivity contribution in [1.82, 2.24) is 0 Å². The summed E-state index contributed by atoms with van der Waals surface area (Å²) in [4.78, 5) is 3.90. The Hall–Kier alpha value is -2.63. The van der Waals surface area contributed by atoms with Crippen molar-refractivity contribution in [3.05, 3.63) is 53.8 Å². The van der Waals surface area contributed by atoms with Gasteiger partial charge in [0.25, 0.3) is 0 Å². The largest absolute Gasteiger partial charge is 0.367 e. The molecule has 2 aromatic carbocycles. The van der Waals surface area contributed by atoms with Crippen LogP contribution in [-0.4, -0.2) is 34.6 Å². The van der Waals surface area contributed by atoms with Gasteiger partial charge in [0.1, 0.15) is 10.7 Å². The maximum atomic E-state index is 14.2. The van der Waals surface area contributed by atoms with E-state index < -0.39 is 15.8 Å². The third-order valence-corrected chi connectivity index (χ3v) is 5.17. The molecule has 2 N–H and O–H groups in total. The standard InChI is InChI=1S/C17H17FN4O2S/c18-14-11-13(12-19)5-6-15(14)21-7-9-22(10-8-21)16-3-1-2-4-17(16)25(20,23)24/h1-6,11H,7-10H2,(H2,20,23,24). The molecule has 2 aromatic rings. The number of nitrogens with two attached hydrogens (primary N) is 1. The zero-order valence-corrected chi connectivity index (χ0v) is 14.2. The van der Waals surface area contributed by atoms with Crippen LogP contribution in [0.5, 0.6) is 0 Å². The van der Waals surface area contributed by atoms with E-state index in [2.05, 4.69) is 0 Å². The quantitative estimate of drug-likeness (QED) is 0.899. The molecule has 0 amide bonds.